The Balaban J connectivity index is 1.64. The predicted octanol–water partition coefficient (Wildman–Crippen LogP) is -2.50. The van der Waals surface area contributed by atoms with E-state index in [0.717, 1.165) is 15.8 Å². The van der Waals surface area contributed by atoms with E-state index in [9.17, 15) is 43.2 Å². The minimum atomic E-state index is -1.50. The lowest BCUT2D eigenvalue weighted by atomic mass is 10.0. The third-order valence-corrected chi connectivity index (χ3v) is 9.69. The van der Waals surface area contributed by atoms with Crippen molar-refractivity contribution in [2.24, 2.45) is 11.5 Å². The molecule has 0 bridgehead atoms. The smallest absolute Gasteiger partial charge is 0.246 e. The van der Waals surface area contributed by atoms with Crippen molar-refractivity contribution >= 4 is 64.1 Å². The number of rotatable bonds is 10. The van der Waals surface area contributed by atoms with Crippen LogP contribution in [0, 0.1) is 0 Å². The number of carbonyl (C=O) groups is 9. The molecule has 0 aliphatic carbocycles. The number of amides is 9. The van der Waals surface area contributed by atoms with Crippen LogP contribution in [-0.2, 0) is 56.0 Å². The molecule has 9 amide bonds. The standard InChI is InChI=1S/C41H55N11O9/c1-24(42)22-52-23-37(57)49-31(16-26-10-4-3-5-11-26)39(59)47-21-36(56)48-32(17-27-19-46-29-13-7-6-12-28(27)29)40(60)51-30(38(43)58)14-8-9-15-44-34(54)18-33(41(52)61)50-35(55)20-45-25(2)53/h3-7,10-13,19,24,30-33,46H,8-9,14-18,20-23,42H2,1-2H3,(H2,43,58)(H,44,54)(H,45,53)(H,47,59)(H,48,56)(H,49,57)(H,50,55)(H,51,60)/t24?,30?,31?,32-,33?/m0/s1. The van der Waals surface area contributed by atoms with Crippen LogP contribution >= 0.6 is 0 Å². The second-order valence-corrected chi connectivity index (χ2v) is 15.0. The Bertz CT molecular complexity index is 2060. The van der Waals surface area contributed by atoms with Gasteiger partial charge in [0.1, 0.15) is 24.2 Å². The van der Waals surface area contributed by atoms with E-state index in [2.05, 4.69) is 42.2 Å². The van der Waals surface area contributed by atoms with E-state index in [4.69, 9.17) is 11.5 Å². The molecule has 1 aliphatic rings. The number of nitrogens with zero attached hydrogens (tertiary/aromatic N) is 1. The molecule has 328 valence electrons. The molecule has 20 heteroatoms. The second-order valence-electron chi connectivity index (χ2n) is 15.0. The summed E-state index contributed by atoms with van der Waals surface area (Å²) in [6, 6.07) is 10.3. The molecule has 61 heavy (non-hydrogen) atoms. The van der Waals surface area contributed by atoms with Crippen molar-refractivity contribution in [1.29, 1.82) is 0 Å². The van der Waals surface area contributed by atoms with Crippen LogP contribution < -0.4 is 48.7 Å². The zero-order valence-electron chi connectivity index (χ0n) is 34.2. The summed E-state index contributed by atoms with van der Waals surface area (Å²) in [6.07, 6.45) is 1.83. The van der Waals surface area contributed by atoms with Crippen molar-refractivity contribution < 1.29 is 43.2 Å². The molecule has 12 N–H and O–H groups in total. The van der Waals surface area contributed by atoms with E-state index in [-0.39, 0.29) is 32.4 Å². The molecule has 20 nitrogen and oxygen atoms in total. The van der Waals surface area contributed by atoms with Gasteiger partial charge in [-0.1, -0.05) is 48.5 Å². The fourth-order valence-electron chi connectivity index (χ4n) is 6.71. The first-order valence-electron chi connectivity index (χ1n) is 20.0. The Morgan fingerprint density at radius 2 is 1.52 bits per heavy atom. The summed E-state index contributed by atoms with van der Waals surface area (Å²) in [5, 5.41) is 18.7. The van der Waals surface area contributed by atoms with Crippen LogP contribution in [0.4, 0.5) is 0 Å². The van der Waals surface area contributed by atoms with Gasteiger partial charge in [0.2, 0.25) is 53.2 Å². The average Bonchev–Trinajstić information content (AvgIpc) is 3.62. The SMILES string of the molecule is CC(=O)NCC(=O)NC1CC(=O)NCCCCC(C(N)=O)NC(=O)[C@H](Cc2c[nH]c3ccccc23)NC(=O)CNC(=O)C(Cc2ccccc2)NC(=O)CN(CC(C)N)C1=O. The van der Waals surface area contributed by atoms with Gasteiger partial charge in [0, 0.05) is 56.0 Å². The highest BCUT2D eigenvalue weighted by Crippen LogP contribution is 2.19. The number of nitrogens with two attached hydrogens (primary N) is 2. The van der Waals surface area contributed by atoms with E-state index in [1.807, 2.05) is 24.3 Å². The van der Waals surface area contributed by atoms with E-state index >= 15 is 0 Å². The lowest BCUT2D eigenvalue weighted by molar-refractivity contribution is -0.141. The first kappa shape index (κ1) is 46.9. The van der Waals surface area contributed by atoms with Crippen LogP contribution in [0.3, 0.4) is 0 Å². The van der Waals surface area contributed by atoms with Gasteiger partial charge in [-0.25, -0.2) is 0 Å². The zero-order chi connectivity index (χ0) is 44.5. The van der Waals surface area contributed by atoms with Gasteiger partial charge >= 0.3 is 0 Å². The number of hydrogen-bond donors (Lipinski definition) is 10. The number of fused-ring (bicyclic) bond motifs is 1. The molecular weight excluding hydrogens is 791 g/mol. The van der Waals surface area contributed by atoms with Gasteiger partial charge in [-0.2, -0.15) is 0 Å². The van der Waals surface area contributed by atoms with Gasteiger partial charge in [-0.15, -0.1) is 0 Å². The summed E-state index contributed by atoms with van der Waals surface area (Å²) in [5.74, 6) is -6.60. The lowest BCUT2D eigenvalue weighted by Crippen LogP contribution is -2.57. The zero-order valence-corrected chi connectivity index (χ0v) is 34.2. The summed E-state index contributed by atoms with van der Waals surface area (Å²) in [4.78, 5) is 123. The quantitative estimate of drug-likeness (QED) is 0.102. The van der Waals surface area contributed by atoms with Gasteiger partial charge in [-0.3, -0.25) is 43.2 Å². The maximum absolute atomic E-state index is 14.0. The number of benzene rings is 2. The minimum Gasteiger partial charge on any atom is -0.368 e. The third kappa shape index (κ3) is 15.4. The van der Waals surface area contributed by atoms with Gasteiger partial charge in [0.15, 0.2) is 0 Å². The number of carbonyl (C=O) groups excluding carboxylic acids is 9. The highest BCUT2D eigenvalue weighted by atomic mass is 16.2. The van der Waals surface area contributed by atoms with Crippen LogP contribution in [0.1, 0.15) is 50.7 Å². The Hall–Kier alpha value is -6.83. The summed E-state index contributed by atoms with van der Waals surface area (Å²) in [7, 11) is 0. The lowest BCUT2D eigenvalue weighted by Gasteiger charge is -2.29. The average molecular weight is 846 g/mol. The van der Waals surface area contributed by atoms with Crippen LogP contribution in [0.25, 0.3) is 10.9 Å². The molecule has 0 radical (unpaired) electrons. The first-order chi connectivity index (χ1) is 29.1. The van der Waals surface area contributed by atoms with E-state index in [1.165, 1.54) is 6.92 Å². The van der Waals surface area contributed by atoms with E-state index < -0.39 is 109 Å². The Morgan fingerprint density at radius 1 is 0.836 bits per heavy atom. The molecule has 0 spiro atoms. The van der Waals surface area contributed by atoms with Crippen molar-refractivity contribution in [3.8, 4) is 0 Å². The molecular formula is C41H55N11O9. The second kappa shape index (κ2) is 23.1. The van der Waals surface area contributed by atoms with Crippen molar-refractivity contribution in [2.75, 3.05) is 32.7 Å². The van der Waals surface area contributed by atoms with Crippen molar-refractivity contribution in [2.45, 2.75) is 82.6 Å². The van der Waals surface area contributed by atoms with Gasteiger partial charge in [-0.05, 0) is 43.4 Å². The molecule has 2 aromatic carbocycles. The monoisotopic (exact) mass is 845 g/mol. The summed E-state index contributed by atoms with van der Waals surface area (Å²) in [5.41, 5.74) is 13.9. The largest absolute Gasteiger partial charge is 0.368 e. The van der Waals surface area contributed by atoms with Gasteiger partial charge in [0.05, 0.1) is 26.1 Å². The normalized spacial score (nSPS) is 21.2. The highest BCUT2D eigenvalue weighted by Gasteiger charge is 2.32. The topological polar surface area (TPSA) is 309 Å². The van der Waals surface area contributed by atoms with Crippen molar-refractivity contribution in [3.05, 3.63) is 71.9 Å². The Labute approximate surface area is 352 Å². The van der Waals surface area contributed by atoms with Crippen LogP contribution in [-0.4, -0.2) is 126 Å². The Morgan fingerprint density at radius 3 is 2.23 bits per heavy atom. The molecule has 1 fully saturated rings. The first-order valence-corrected chi connectivity index (χ1v) is 20.0. The summed E-state index contributed by atoms with van der Waals surface area (Å²) in [6.45, 7) is 0.938. The minimum absolute atomic E-state index is 0.00502. The number of aromatic amines is 1. The fourth-order valence-corrected chi connectivity index (χ4v) is 6.71. The molecule has 2 heterocycles. The van der Waals surface area contributed by atoms with Gasteiger partial charge < -0.3 is 58.6 Å². The van der Waals surface area contributed by atoms with Gasteiger partial charge in [0.25, 0.3) is 0 Å². The number of hydrogen-bond acceptors (Lipinski definition) is 10. The van der Waals surface area contributed by atoms with Crippen LogP contribution in [0.2, 0.25) is 0 Å². The predicted molar refractivity (Wildman–Crippen MR) is 222 cm³/mol. The molecule has 4 rings (SSSR count). The molecule has 4 unspecified atom stereocenters. The number of nitrogens with one attached hydrogen (secondary N) is 8. The number of para-hydroxylation sites is 1. The maximum atomic E-state index is 14.0. The molecule has 1 aromatic heterocycles. The summed E-state index contributed by atoms with van der Waals surface area (Å²) >= 11 is 0. The van der Waals surface area contributed by atoms with E-state index in [0.29, 0.717) is 24.0 Å². The van der Waals surface area contributed by atoms with Crippen LogP contribution in [0.15, 0.2) is 60.8 Å². The fraction of sp³-hybridized carbons (Fsp3) is 0.439. The molecule has 3 aromatic rings. The maximum Gasteiger partial charge on any atom is 0.246 e. The molecule has 5 atom stereocenters. The van der Waals surface area contributed by atoms with Crippen molar-refractivity contribution in [1.82, 2.24) is 47.1 Å². The number of primary amides is 1. The Kier molecular flexibility index (Phi) is 17.7. The van der Waals surface area contributed by atoms with E-state index in [1.54, 1.807) is 43.5 Å². The number of H-pyrrole nitrogens is 1. The van der Waals surface area contributed by atoms with Crippen LogP contribution in [0.5, 0.6) is 0 Å². The molecule has 1 aliphatic heterocycles. The highest BCUT2D eigenvalue weighted by molar-refractivity contribution is 5.97. The molecule has 0 saturated carbocycles. The third-order valence-electron chi connectivity index (χ3n) is 9.69. The summed E-state index contributed by atoms with van der Waals surface area (Å²) < 4.78 is 0. The molecule has 1 saturated heterocycles. The number of aromatic nitrogens is 1. The van der Waals surface area contributed by atoms with Crippen molar-refractivity contribution in [3.63, 3.8) is 0 Å².